The fourth-order valence-corrected chi connectivity index (χ4v) is 1.88. The van der Waals surface area contributed by atoms with E-state index in [0.29, 0.717) is 5.56 Å². The van der Waals surface area contributed by atoms with E-state index in [0.717, 1.165) is 30.8 Å². The van der Waals surface area contributed by atoms with Gasteiger partial charge in [-0.3, -0.25) is 0 Å². The van der Waals surface area contributed by atoms with E-state index in [-0.39, 0.29) is 0 Å². The van der Waals surface area contributed by atoms with Crippen LogP contribution in [0.25, 0.3) is 0 Å². The van der Waals surface area contributed by atoms with Gasteiger partial charge >= 0.3 is 5.97 Å². The van der Waals surface area contributed by atoms with Crippen LogP contribution in [-0.2, 0) is 0 Å². The summed E-state index contributed by atoms with van der Waals surface area (Å²) in [5.74, 6) is -0.884. The van der Waals surface area contributed by atoms with Gasteiger partial charge in [-0.1, -0.05) is 13.0 Å². The van der Waals surface area contributed by atoms with Gasteiger partial charge in [0.15, 0.2) is 0 Å². The molecule has 3 heteroatoms. The van der Waals surface area contributed by atoms with Gasteiger partial charge < -0.3 is 10.0 Å². The van der Waals surface area contributed by atoms with Gasteiger partial charge in [0.05, 0.1) is 5.56 Å². The molecule has 0 bridgehead atoms. The molecule has 92 valence electrons. The number of hydrogen-bond acceptors (Lipinski definition) is 2. The number of aromatic carboxylic acids is 1. The molecule has 17 heavy (non-hydrogen) atoms. The van der Waals surface area contributed by atoms with Crippen LogP contribution in [-0.4, -0.2) is 24.2 Å². The number of hydrogen-bond donors (Lipinski definition) is 1. The van der Waals surface area contributed by atoms with Crippen molar-refractivity contribution in [1.29, 1.82) is 0 Å². The minimum absolute atomic E-state index is 0.335. The van der Waals surface area contributed by atoms with E-state index in [1.165, 1.54) is 0 Å². The SMILES string of the molecule is C=CCN(CCC)c1ccc(C(=O)O)cc1C. The van der Waals surface area contributed by atoms with E-state index in [4.69, 9.17) is 5.11 Å². The zero-order valence-electron chi connectivity index (χ0n) is 10.4. The summed E-state index contributed by atoms with van der Waals surface area (Å²) >= 11 is 0. The van der Waals surface area contributed by atoms with Crippen molar-refractivity contribution < 1.29 is 9.90 Å². The molecule has 0 saturated carbocycles. The predicted octanol–water partition coefficient (Wildman–Crippen LogP) is 3.10. The van der Waals surface area contributed by atoms with Crippen LogP contribution in [0.2, 0.25) is 0 Å². The van der Waals surface area contributed by atoms with E-state index in [1.54, 1.807) is 12.1 Å². The number of benzene rings is 1. The summed E-state index contributed by atoms with van der Waals surface area (Å²) in [6, 6.07) is 5.23. The van der Waals surface area contributed by atoms with Gasteiger partial charge in [0.2, 0.25) is 0 Å². The van der Waals surface area contributed by atoms with Crippen LogP contribution in [0.3, 0.4) is 0 Å². The van der Waals surface area contributed by atoms with E-state index in [1.807, 2.05) is 19.1 Å². The van der Waals surface area contributed by atoms with Crippen LogP contribution in [0.1, 0.15) is 29.3 Å². The van der Waals surface area contributed by atoms with Crippen LogP contribution in [0.15, 0.2) is 30.9 Å². The number of anilines is 1. The monoisotopic (exact) mass is 233 g/mol. The second kappa shape index (κ2) is 6.09. The van der Waals surface area contributed by atoms with Crippen molar-refractivity contribution in [2.45, 2.75) is 20.3 Å². The second-order valence-electron chi connectivity index (χ2n) is 4.04. The molecule has 1 N–H and O–H groups in total. The van der Waals surface area contributed by atoms with E-state index >= 15 is 0 Å². The Morgan fingerprint density at radius 2 is 2.24 bits per heavy atom. The summed E-state index contributed by atoms with van der Waals surface area (Å²) in [5.41, 5.74) is 2.40. The zero-order chi connectivity index (χ0) is 12.8. The molecule has 1 rings (SSSR count). The lowest BCUT2D eigenvalue weighted by molar-refractivity contribution is 0.0697. The smallest absolute Gasteiger partial charge is 0.335 e. The Balaban J connectivity index is 3.03. The molecule has 0 spiro atoms. The minimum Gasteiger partial charge on any atom is -0.478 e. The van der Waals surface area contributed by atoms with Gasteiger partial charge in [-0.05, 0) is 37.1 Å². The Morgan fingerprint density at radius 1 is 1.53 bits per heavy atom. The van der Waals surface area contributed by atoms with E-state index in [9.17, 15) is 4.79 Å². The normalized spacial score (nSPS) is 10.0. The fraction of sp³-hybridized carbons (Fsp3) is 0.357. The molecule has 0 aromatic heterocycles. The van der Waals surface area contributed by atoms with Crippen LogP contribution >= 0.6 is 0 Å². The Morgan fingerprint density at radius 3 is 2.71 bits per heavy atom. The molecular formula is C14H19NO2. The van der Waals surface area contributed by atoms with Gasteiger partial charge in [0.1, 0.15) is 0 Å². The lowest BCUT2D eigenvalue weighted by Crippen LogP contribution is -2.24. The number of carboxylic acids is 1. The highest BCUT2D eigenvalue weighted by molar-refractivity contribution is 5.88. The Bertz CT molecular complexity index is 413. The summed E-state index contributed by atoms with van der Waals surface area (Å²) < 4.78 is 0. The molecule has 0 amide bonds. The number of aryl methyl sites for hydroxylation is 1. The van der Waals surface area contributed by atoms with Crippen molar-refractivity contribution in [3.8, 4) is 0 Å². The summed E-state index contributed by atoms with van der Waals surface area (Å²) in [7, 11) is 0. The van der Waals surface area contributed by atoms with Crippen molar-refractivity contribution in [3.63, 3.8) is 0 Å². The van der Waals surface area contributed by atoms with Gasteiger partial charge in [-0.15, -0.1) is 6.58 Å². The largest absolute Gasteiger partial charge is 0.478 e. The average Bonchev–Trinajstić information content (AvgIpc) is 2.28. The quantitative estimate of drug-likeness (QED) is 0.767. The molecule has 0 heterocycles. The highest BCUT2D eigenvalue weighted by Gasteiger charge is 2.10. The zero-order valence-corrected chi connectivity index (χ0v) is 10.4. The van der Waals surface area contributed by atoms with Crippen LogP contribution in [0.5, 0.6) is 0 Å². The number of nitrogens with zero attached hydrogens (tertiary/aromatic N) is 1. The molecule has 0 radical (unpaired) electrons. The molecule has 3 nitrogen and oxygen atoms in total. The molecule has 1 aromatic rings. The van der Waals surface area contributed by atoms with Gasteiger partial charge in [0, 0.05) is 18.8 Å². The lowest BCUT2D eigenvalue weighted by atomic mass is 10.1. The van der Waals surface area contributed by atoms with E-state index < -0.39 is 5.97 Å². The van der Waals surface area contributed by atoms with Gasteiger partial charge in [0.25, 0.3) is 0 Å². The summed E-state index contributed by atoms with van der Waals surface area (Å²) in [5, 5.41) is 8.92. The minimum atomic E-state index is -0.884. The third-order valence-electron chi connectivity index (χ3n) is 2.63. The van der Waals surface area contributed by atoms with Crippen LogP contribution < -0.4 is 4.90 Å². The first kappa shape index (κ1) is 13.3. The average molecular weight is 233 g/mol. The number of carbonyl (C=O) groups is 1. The molecule has 0 fully saturated rings. The Hall–Kier alpha value is -1.77. The first-order valence-electron chi connectivity index (χ1n) is 5.80. The Labute approximate surface area is 102 Å². The maximum absolute atomic E-state index is 10.9. The first-order chi connectivity index (χ1) is 8.10. The summed E-state index contributed by atoms with van der Waals surface area (Å²) in [4.78, 5) is 13.1. The summed E-state index contributed by atoms with van der Waals surface area (Å²) in [6.45, 7) is 9.53. The topological polar surface area (TPSA) is 40.5 Å². The highest BCUT2D eigenvalue weighted by Crippen LogP contribution is 2.21. The van der Waals surface area contributed by atoms with Gasteiger partial charge in [-0.25, -0.2) is 4.79 Å². The fourth-order valence-electron chi connectivity index (χ4n) is 1.88. The summed E-state index contributed by atoms with van der Waals surface area (Å²) in [6.07, 6.45) is 2.91. The third-order valence-corrected chi connectivity index (χ3v) is 2.63. The van der Waals surface area contributed by atoms with Crippen molar-refractivity contribution in [3.05, 3.63) is 42.0 Å². The van der Waals surface area contributed by atoms with E-state index in [2.05, 4.69) is 18.4 Å². The molecule has 1 aromatic carbocycles. The van der Waals surface area contributed by atoms with Crippen molar-refractivity contribution in [2.24, 2.45) is 0 Å². The van der Waals surface area contributed by atoms with Gasteiger partial charge in [-0.2, -0.15) is 0 Å². The molecule has 0 saturated heterocycles. The maximum atomic E-state index is 10.9. The molecule has 0 aliphatic carbocycles. The standard InChI is InChI=1S/C14H19NO2/c1-4-8-15(9-5-2)13-7-6-12(14(16)17)10-11(13)3/h4,6-7,10H,1,5,8-9H2,2-3H3,(H,16,17). The number of carboxylic acid groups (broad SMARTS) is 1. The predicted molar refractivity (Wildman–Crippen MR) is 70.8 cm³/mol. The third kappa shape index (κ3) is 3.34. The molecule has 0 unspecified atom stereocenters. The highest BCUT2D eigenvalue weighted by atomic mass is 16.4. The molecule has 0 aliphatic rings. The van der Waals surface area contributed by atoms with Crippen molar-refractivity contribution in [2.75, 3.05) is 18.0 Å². The molecular weight excluding hydrogens is 214 g/mol. The molecule has 0 atom stereocenters. The Kier molecular flexibility index (Phi) is 4.76. The lowest BCUT2D eigenvalue weighted by Gasteiger charge is -2.24. The molecule has 0 aliphatic heterocycles. The van der Waals surface area contributed by atoms with Crippen LogP contribution in [0.4, 0.5) is 5.69 Å². The van der Waals surface area contributed by atoms with Crippen molar-refractivity contribution in [1.82, 2.24) is 0 Å². The van der Waals surface area contributed by atoms with Crippen LogP contribution in [0, 0.1) is 6.92 Å². The maximum Gasteiger partial charge on any atom is 0.335 e. The first-order valence-corrected chi connectivity index (χ1v) is 5.80. The van der Waals surface area contributed by atoms with Crippen molar-refractivity contribution >= 4 is 11.7 Å². The second-order valence-corrected chi connectivity index (χ2v) is 4.04. The number of rotatable bonds is 6.